The molecule has 1 unspecified atom stereocenters. The van der Waals surface area contributed by atoms with E-state index in [1.54, 1.807) is 6.07 Å². The Bertz CT molecular complexity index is 560. The molecule has 5 heteroatoms. The van der Waals surface area contributed by atoms with Crippen LogP contribution in [0.1, 0.15) is 61.5 Å². The van der Waals surface area contributed by atoms with Crippen LogP contribution in [-0.2, 0) is 0 Å². The Labute approximate surface area is 130 Å². The van der Waals surface area contributed by atoms with Gasteiger partial charge in [0.1, 0.15) is 5.69 Å². The van der Waals surface area contributed by atoms with Crippen LogP contribution in [0, 0.1) is 0 Å². The van der Waals surface area contributed by atoms with Crippen molar-refractivity contribution in [2.45, 2.75) is 62.6 Å². The molecular weight excluding hydrogens is 286 g/mol. The number of halogens is 1. The SMILES string of the molecule is O=C(NC1CCNC2(CCC2)C1)c1cc(Cl)cn1C1CC1. The maximum atomic E-state index is 12.6. The van der Waals surface area contributed by atoms with E-state index in [-0.39, 0.29) is 5.91 Å². The zero-order valence-corrected chi connectivity index (χ0v) is 13.0. The molecule has 4 rings (SSSR count). The molecule has 2 aliphatic carbocycles. The van der Waals surface area contributed by atoms with Gasteiger partial charge in [-0.2, -0.15) is 0 Å². The van der Waals surface area contributed by atoms with Crippen LogP contribution in [0.15, 0.2) is 12.3 Å². The summed E-state index contributed by atoms with van der Waals surface area (Å²) in [6.45, 7) is 1.01. The summed E-state index contributed by atoms with van der Waals surface area (Å²) in [5.74, 6) is 0.0372. The van der Waals surface area contributed by atoms with E-state index in [0.717, 1.165) is 37.9 Å². The summed E-state index contributed by atoms with van der Waals surface area (Å²) < 4.78 is 2.05. The van der Waals surface area contributed by atoms with Crippen LogP contribution in [0.4, 0.5) is 0 Å². The molecule has 1 aromatic heterocycles. The average Bonchev–Trinajstić information content (AvgIpc) is 3.20. The third kappa shape index (κ3) is 2.59. The van der Waals surface area contributed by atoms with Gasteiger partial charge in [0.2, 0.25) is 0 Å². The summed E-state index contributed by atoms with van der Waals surface area (Å²) >= 11 is 6.09. The Morgan fingerprint density at radius 1 is 1.38 bits per heavy atom. The second-order valence-corrected chi connectivity index (χ2v) is 7.34. The first kappa shape index (κ1) is 13.6. The molecule has 2 saturated carbocycles. The Morgan fingerprint density at radius 2 is 2.19 bits per heavy atom. The van der Waals surface area contributed by atoms with Gasteiger partial charge in [-0.1, -0.05) is 11.6 Å². The quantitative estimate of drug-likeness (QED) is 0.902. The van der Waals surface area contributed by atoms with Gasteiger partial charge >= 0.3 is 0 Å². The molecule has 0 radical (unpaired) electrons. The summed E-state index contributed by atoms with van der Waals surface area (Å²) in [4.78, 5) is 12.6. The highest BCUT2D eigenvalue weighted by molar-refractivity contribution is 6.31. The number of hydrogen-bond donors (Lipinski definition) is 2. The fourth-order valence-electron chi connectivity index (χ4n) is 3.81. The predicted octanol–water partition coefficient (Wildman–Crippen LogP) is 2.88. The molecule has 114 valence electrons. The first-order valence-corrected chi connectivity index (χ1v) is 8.46. The van der Waals surface area contributed by atoms with E-state index in [1.807, 2.05) is 6.20 Å². The summed E-state index contributed by atoms with van der Waals surface area (Å²) in [6.07, 6.45) is 10.1. The van der Waals surface area contributed by atoms with Gasteiger partial charge in [-0.15, -0.1) is 0 Å². The fraction of sp³-hybridized carbons (Fsp3) is 0.688. The van der Waals surface area contributed by atoms with E-state index < -0.39 is 0 Å². The monoisotopic (exact) mass is 307 g/mol. The largest absolute Gasteiger partial charge is 0.348 e. The van der Waals surface area contributed by atoms with Crippen molar-refractivity contribution in [3.05, 3.63) is 23.0 Å². The minimum Gasteiger partial charge on any atom is -0.348 e. The van der Waals surface area contributed by atoms with Gasteiger partial charge in [0.05, 0.1) is 5.02 Å². The van der Waals surface area contributed by atoms with Crippen molar-refractivity contribution in [3.8, 4) is 0 Å². The predicted molar refractivity (Wildman–Crippen MR) is 82.8 cm³/mol. The van der Waals surface area contributed by atoms with Gasteiger partial charge < -0.3 is 15.2 Å². The first-order valence-electron chi connectivity index (χ1n) is 8.09. The summed E-state index contributed by atoms with van der Waals surface area (Å²) in [5.41, 5.74) is 1.04. The first-order chi connectivity index (χ1) is 10.2. The lowest BCUT2D eigenvalue weighted by atomic mass is 9.70. The van der Waals surface area contributed by atoms with E-state index >= 15 is 0 Å². The second-order valence-electron chi connectivity index (χ2n) is 6.91. The smallest absolute Gasteiger partial charge is 0.268 e. The molecule has 1 atom stereocenters. The normalized spacial score (nSPS) is 27.4. The molecule has 3 aliphatic rings. The van der Waals surface area contributed by atoms with Crippen molar-refractivity contribution in [1.29, 1.82) is 0 Å². The van der Waals surface area contributed by atoms with Crippen LogP contribution < -0.4 is 10.6 Å². The lowest BCUT2D eigenvalue weighted by Crippen LogP contribution is -2.59. The van der Waals surface area contributed by atoms with Crippen molar-refractivity contribution in [2.75, 3.05) is 6.54 Å². The average molecular weight is 308 g/mol. The molecule has 2 N–H and O–H groups in total. The molecule has 1 aromatic rings. The van der Waals surface area contributed by atoms with Crippen molar-refractivity contribution in [2.24, 2.45) is 0 Å². The highest BCUT2D eigenvalue weighted by Crippen LogP contribution is 2.39. The molecule has 2 heterocycles. The Kier molecular flexibility index (Phi) is 3.27. The number of carbonyl (C=O) groups is 1. The van der Waals surface area contributed by atoms with Gasteiger partial charge in [-0.3, -0.25) is 4.79 Å². The maximum absolute atomic E-state index is 12.6. The van der Waals surface area contributed by atoms with Gasteiger partial charge in [-0.05, 0) is 57.6 Å². The minimum absolute atomic E-state index is 0.0372. The maximum Gasteiger partial charge on any atom is 0.268 e. The highest BCUT2D eigenvalue weighted by Gasteiger charge is 2.41. The zero-order chi connectivity index (χ0) is 14.4. The number of amides is 1. The standard InChI is InChI=1S/C16H22ClN3O/c17-11-8-14(20(10-11)13-2-3-13)15(21)19-12-4-7-18-16(9-12)5-1-6-16/h8,10,12-13,18H,1-7,9H2,(H,19,21). The Balaban J connectivity index is 1.45. The fourth-order valence-corrected chi connectivity index (χ4v) is 4.02. The van der Waals surface area contributed by atoms with Crippen molar-refractivity contribution < 1.29 is 4.79 Å². The van der Waals surface area contributed by atoms with Crippen LogP contribution >= 0.6 is 11.6 Å². The molecule has 1 saturated heterocycles. The number of aromatic nitrogens is 1. The number of nitrogens with one attached hydrogen (secondary N) is 2. The molecule has 0 aromatic carbocycles. The van der Waals surface area contributed by atoms with E-state index in [0.29, 0.717) is 22.6 Å². The summed E-state index contributed by atoms with van der Waals surface area (Å²) in [7, 11) is 0. The van der Waals surface area contributed by atoms with Crippen LogP contribution in [0.5, 0.6) is 0 Å². The van der Waals surface area contributed by atoms with Crippen LogP contribution in [0.3, 0.4) is 0 Å². The number of rotatable bonds is 3. The number of carbonyl (C=O) groups excluding carboxylic acids is 1. The lowest BCUT2D eigenvalue weighted by molar-refractivity contribution is 0.0844. The Hall–Kier alpha value is -1.00. The molecule has 1 amide bonds. The zero-order valence-electron chi connectivity index (χ0n) is 12.2. The summed E-state index contributed by atoms with van der Waals surface area (Å²) in [6, 6.07) is 2.57. The molecule has 1 aliphatic heterocycles. The molecule has 0 bridgehead atoms. The number of hydrogen-bond acceptors (Lipinski definition) is 2. The molecule has 4 nitrogen and oxygen atoms in total. The highest BCUT2D eigenvalue weighted by atomic mass is 35.5. The number of piperidine rings is 1. The molecular formula is C16H22ClN3O. The van der Waals surface area contributed by atoms with Crippen LogP contribution in [0.2, 0.25) is 5.02 Å². The van der Waals surface area contributed by atoms with Gasteiger partial charge in [-0.25, -0.2) is 0 Å². The lowest BCUT2D eigenvalue weighted by Gasteiger charge is -2.48. The molecule has 3 fully saturated rings. The van der Waals surface area contributed by atoms with E-state index in [1.165, 1.54) is 19.3 Å². The molecule has 1 spiro atoms. The van der Waals surface area contributed by atoms with Gasteiger partial charge in [0.15, 0.2) is 0 Å². The van der Waals surface area contributed by atoms with E-state index in [2.05, 4.69) is 15.2 Å². The topological polar surface area (TPSA) is 46.1 Å². The van der Waals surface area contributed by atoms with Gasteiger partial charge in [0, 0.05) is 23.8 Å². The van der Waals surface area contributed by atoms with Crippen LogP contribution in [0.25, 0.3) is 0 Å². The third-order valence-corrected chi connectivity index (χ3v) is 5.47. The van der Waals surface area contributed by atoms with Crippen LogP contribution in [-0.4, -0.2) is 28.6 Å². The molecule has 21 heavy (non-hydrogen) atoms. The number of nitrogens with zero attached hydrogens (tertiary/aromatic N) is 1. The van der Waals surface area contributed by atoms with Gasteiger partial charge in [0.25, 0.3) is 5.91 Å². The van der Waals surface area contributed by atoms with Crippen molar-refractivity contribution in [3.63, 3.8) is 0 Å². The van der Waals surface area contributed by atoms with Crippen molar-refractivity contribution >= 4 is 17.5 Å². The summed E-state index contributed by atoms with van der Waals surface area (Å²) in [5, 5.41) is 7.54. The second kappa shape index (κ2) is 5.03. The van der Waals surface area contributed by atoms with E-state index in [4.69, 9.17) is 11.6 Å². The third-order valence-electron chi connectivity index (χ3n) is 5.26. The minimum atomic E-state index is 0.0372. The Morgan fingerprint density at radius 3 is 2.86 bits per heavy atom. The van der Waals surface area contributed by atoms with E-state index in [9.17, 15) is 4.79 Å². The van der Waals surface area contributed by atoms with Crippen molar-refractivity contribution in [1.82, 2.24) is 15.2 Å².